The molecule has 0 bridgehead atoms. The van der Waals surface area contributed by atoms with E-state index in [0.717, 1.165) is 24.3 Å². The molecule has 9 heteroatoms. The molecule has 3 N–H and O–H groups in total. The van der Waals surface area contributed by atoms with Gasteiger partial charge < -0.3 is 11.1 Å². The molecule has 0 aromatic carbocycles. The first-order chi connectivity index (χ1) is 11.3. The van der Waals surface area contributed by atoms with E-state index < -0.39 is 18.5 Å². The fraction of sp³-hybridized carbons (Fsp3) is 0.600. The molecule has 1 aromatic rings. The van der Waals surface area contributed by atoms with E-state index in [1.165, 1.54) is 11.3 Å². The van der Waals surface area contributed by atoms with Crippen LogP contribution in [-0.4, -0.2) is 42.5 Å². The van der Waals surface area contributed by atoms with Crippen LogP contribution < -0.4 is 11.1 Å². The normalized spacial score (nSPS) is 18.7. The van der Waals surface area contributed by atoms with Gasteiger partial charge in [-0.05, 0) is 44.5 Å². The topological polar surface area (TPSA) is 75.4 Å². The SMILES string of the molecule is NC(=O)CNC(=O)c1ccc(C2CCCN2CCCC(F)(F)F)s1. The maximum absolute atomic E-state index is 12.3. The van der Waals surface area contributed by atoms with Gasteiger partial charge in [0.15, 0.2) is 0 Å². The Bertz CT molecular complexity index is 589. The number of nitrogens with two attached hydrogens (primary N) is 1. The number of rotatable bonds is 7. The number of nitrogens with one attached hydrogen (secondary N) is 1. The Kier molecular flexibility index (Phi) is 6.22. The van der Waals surface area contributed by atoms with Crippen LogP contribution in [0.3, 0.4) is 0 Å². The molecule has 1 aliphatic rings. The molecule has 24 heavy (non-hydrogen) atoms. The van der Waals surface area contributed by atoms with Gasteiger partial charge in [0.05, 0.1) is 11.4 Å². The fourth-order valence-corrected chi connectivity index (χ4v) is 3.90. The second kappa shape index (κ2) is 7.98. The summed E-state index contributed by atoms with van der Waals surface area (Å²) in [7, 11) is 0. The lowest BCUT2D eigenvalue weighted by molar-refractivity contribution is -0.136. The lowest BCUT2D eigenvalue weighted by Crippen LogP contribution is -2.32. The number of hydrogen-bond donors (Lipinski definition) is 2. The number of hydrogen-bond acceptors (Lipinski definition) is 4. The van der Waals surface area contributed by atoms with E-state index in [0.29, 0.717) is 11.4 Å². The Labute approximate surface area is 142 Å². The molecule has 2 rings (SSSR count). The highest BCUT2D eigenvalue weighted by Crippen LogP contribution is 2.36. The molecule has 1 saturated heterocycles. The lowest BCUT2D eigenvalue weighted by atomic mass is 10.1. The van der Waals surface area contributed by atoms with Gasteiger partial charge in [0.25, 0.3) is 5.91 Å². The summed E-state index contributed by atoms with van der Waals surface area (Å²) >= 11 is 1.30. The van der Waals surface area contributed by atoms with Gasteiger partial charge in [-0.1, -0.05) is 0 Å². The van der Waals surface area contributed by atoms with E-state index in [4.69, 9.17) is 5.73 Å². The summed E-state index contributed by atoms with van der Waals surface area (Å²) < 4.78 is 36.8. The van der Waals surface area contributed by atoms with Gasteiger partial charge in [-0.25, -0.2) is 0 Å². The van der Waals surface area contributed by atoms with Crippen molar-refractivity contribution in [2.75, 3.05) is 19.6 Å². The number of primary amides is 1. The van der Waals surface area contributed by atoms with Crippen LogP contribution in [-0.2, 0) is 4.79 Å². The summed E-state index contributed by atoms with van der Waals surface area (Å²) in [6.45, 7) is 0.938. The number of likely N-dealkylation sites (tertiary alicyclic amines) is 1. The molecule has 0 saturated carbocycles. The first-order valence-corrected chi connectivity index (χ1v) is 8.55. The zero-order valence-corrected chi connectivity index (χ0v) is 13.9. The Morgan fingerprint density at radius 3 is 2.79 bits per heavy atom. The van der Waals surface area contributed by atoms with Crippen molar-refractivity contribution >= 4 is 23.2 Å². The number of halogens is 3. The third-order valence-electron chi connectivity index (χ3n) is 3.87. The maximum atomic E-state index is 12.3. The second-order valence-electron chi connectivity index (χ2n) is 5.76. The standard InChI is InChI=1S/C15H20F3N3O2S/c16-15(17,18)6-2-8-21-7-1-3-10(21)11-4-5-12(24-11)14(23)20-9-13(19)22/h4-5,10H,1-3,6-9H2,(H2,19,22)(H,20,23). The Morgan fingerprint density at radius 1 is 1.38 bits per heavy atom. The van der Waals surface area contributed by atoms with Crippen molar-refractivity contribution < 1.29 is 22.8 Å². The number of amides is 2. The van der Waals surface area contributed by atoms with Gasteiger partial charge in [0, 0.05) is 17.3 Å². The van der Waals surface area contributed by atoms with E-state index in [9.17, 15) is 22.8 Å². The van der Waals surface area contributed by atoms with Gasteiger partial charge in [0.1, 0.15) is 0 Å². The molecule has 1 aromatic heterocycles. The summed E-state index contributed by atoms with van der Waals surface area (Å²) in [6.07, 6.45) is -3.02. The van der Waals surface area contributed by atoms with Crippen LogP contribution in [0, 0.1) is 0 Å². The number of carbonyl (C=O) groups is 2. The van der Waals surface area contributed by atoms with Crippen LogP contribution in [0.2, 0.25) is 0 Å². The van der Waals surface area contributed by atoms with Crippen LogP contribution in [0.25, 0.3) is 0 Å². The predicted molar refractivity (Wildman–Crippen MR) is 84.7 cm³/mol. The molecule has 0 radical (unpaired) electrons. The fourth-order valence-electron chi connectivity index (χ4n) is 2.81. The van der Waals surface area contributed by atoms with Crippen LogP contribution in [0.15, 0.2) is 12.1 Å². The Hall–Kier alpha value is -1.61. The molecule has 134 valence electrons. The molecule has 0 aliphatic carbocycles. The van der Waals surface area contributed by atoms with E-state index in [1.807, 2.05) is 11.0 Å². The largest absolute Gasteiger partial charge is 0.389 e. The molecule has 1 aliphatic heterocycles. The van der Waals surface area contributed by atoms with Crippen LogP contribution >= 0.6 is 11.3 Å². The average molecular weight is 363 g/mol. The van der Waals surface area contributed by atoms with Gasteiger partial charge >= 0.3 is 6.18 Å². The predicted octanol–water partition coefficient (Wildman–Crippen LogP) is 2.44. The summed E-state index contributed by atoms with van der Waals surface area (Å²) in [5, 5.41) is 2.42. The van der Waals surface area contributed by atoms with Crippen molar-refractivity contribution in [2.45, 2.75) is 37.9 Å². The molecule has 5 nitrogen and oxygen atoms in total. The number of nitrogens with zero attached hydrogens (tertiary/aromatic N) is 1. The average Bonchev–Trinajstić information content (AvgIpc) is 3.11. The minimum absolute atomic E-state index is 0.0564. The zero-order valence-electron chi connectivity index (χ0n) is 13.1. The van der Waals surface area contributed by atoms with Crippen LogP contribution in [0.5, 0.6) is 0 Å². The van der Waals surface area contributed by atoms with Gasteiger partial charge in [0.2, 0.25) is 5.91 Å². The van der Waals surface area contributed by atoms with Gasteiger partial charge in [-0.15, -0.1) is 11.3 Å². The van der Waals surface area contributed by atoms with Crippen molar-refractivity contribution in [1.29, 1.82) is 0 Å². The van der Waals surface area contributed by atoms with Gasteiger partial charge in [-0.2, -0.15) is 13.2 Å². The molecule has 1 fully saturated rings. The maximum Gasteiger partial charge on any atom is 0.389 e. The molecule has 1 atom stereocenters. The highest BCUT2D eigenvalue weighted by atomic mass is 32.1. The zero-order chi connectivity index (χ0) is 17.7. The summed E-state index contributed by atoms with van der Waals surface area (Å²) in [5.74, 6) is -0.988. The molecule has 1 unspecified atom stereocenters. The minimum atomic E-state index is -4.12. The molecule has 2 heterocycles. The lowest BCUT2D eigenvalue weighted by Gasteiger charge is -2.23. The van der Waals surface area contributed by atoms with E-state index >= 15 is 0 Å². The van der Waals surface area contributed by atoms with E-state index in [-0.39, 0.29) is 24.9 Å². The quantitative estimate of drug-likeness (QED) is 0.781. The molecular weight excluding hydrogens is 343 g/mol. The highest BCUT2D eigenvalue weighted by molar-refractivity contribution is 7.14. The van der Waals surface area contributed by atoms with Crippen molar-refractivity contribution in [3.8, 4) is 0 Å². The first kappa shape index (κ1) is 18.7. The summed E-state index contributed by atoms with van der Waals surface area (Å²) in [4.78, 5) is 26.1. The van der Waals surface area contributed by atoms with E-state index in [2.05, 4.69) is 5.32 Å². The summed E-state index contributed by atoms with van der Waals surface area (Å²) in [6, 6.07) is 3.56. The van der Waals surface area contributed by atoms with Crippen molar-refractivity contribution in [3.63, 3.8) is 0 Å². The third kappa shape index (κ3) is 5.48. The van der Waals surface area contributed by atoms with Gasteiger partial charge in [-0.3, -0.25) is 14.5 Å². The summed E-state index contributed by atoms with van der Waals surface area (Å²) in [5.41, 5.74) is 4.98. The Morgan fingerprint density at radius 2 is 2.12 bits per heavy atom. The van der Waals surface area contributed by atoms with Crippen LogP contribution in [0.4, 0.5) is 13.2 Å². The second-order valence-corrected chi connectivity index (χ2v) is 6.88. The molecule has 0 spiro atoms. The third-order valence-corrected chi connectivity index (χ3v) is 5.06. The van der Waals surface area contributed by atoms with Crippen molar-refractivity contribution in [3.05, 3.63) is 21.9 Å². The number of thiophene rings is 1. The van der Waals surface area contributed by atoms with E-state index in [1.54, 1.807) is 6.07 Å². The minimum Gasteiger partial charge on any atom is -0.368 e. The number of carbonyl (C=O) groups excluding carboxylic acids is 2. The first-order valence-electron chi connectivity index (χ1n) is 7.73. The highest BCUT2D eigenvalue weighted by Gasteiger charge is 2.30. The monoisotopic (exact) mass is 363 g/mol. The molecular formula is C15H20F3N3O2S. The smallest absolute Gasteiger partial charge is 0.368 e. The van der Waals surface area contributed by atoms with Crippen molar-refractivity contribution in [1.82, 2.24) is 10.2 Å². The van der Waals surface area contributed by atoms with Crippen LogP contribution in [0.1, 0.15) is 46.3 Å². The Balaban J connectivity index is 1.92. The van der Waals surface area contributed by atoms with Crippen molar-refractivity contribution in [2.24, 2.45) is 5.73 Å². The molecule has 2 amide bonds. The number of alkyl halides is 3.